The topological polar surface area (TPSA) is 25.4 Å². The maximum atomic E-state index is 12.9. The van der Waals surface area contributed by atoms with Gasteiger partial charge in [0, 0.05) is 13.7 Å². The average Bonchev–Trinajstić information content (AvgIpc) is 2.19. The normalized spacial score (nSPS) is 12.5. The molecular formula is C11H17FN2O. The molecule has 0 saturated carbocycles. The summed E-state index contributed by atoms with van der Waals surface area (Å²) in [6, 6.07) is 5.01. The van der Waals surface area contributed by atoms with Gasteiger partial charge in [-0.3, -0.25) is 0 Å². The molecule has 0 spiro atoms. The Labute approximate surface area is 89.9 Å². The second-order valence-electron chi connectivity index (χ2n) is 3.41. The van der Waals surface area contributed by atoms with Crippen molar-refractivity contribution in [3.05, 3.63) is 24.1 Å². The van der Waals surface area contributed by atoms with Gasteiger partial charge in [-0.15, -0.1) is 0 Å². The van der Waals surface area contributed by atoms with Crippen LogP contribution in [0.15, 0.2) is 18.2 Å². The lowest BCUT2D eigenvalue weighted by Crippen LogP contribution is -2.36. The maximum absolute atomic E-state index is 12.9. The fourth-order valence-corrected chi connectivity index (χ4v) is 1.59. The predicted molar refractivity (Wildman–Crippen MR) is 58.6 cm³/mol. The standard InChI is InChI=1S/C11H17FN2O/c1-4-14(9(2)8-15-3)11-7-5-6-10(12)13-11/h5-7,9H,4,8H2,1-3H3. The van der Waals surface area contributed by atoms with E-state index in [1.165, 1.54) is 6.07 Å². The van der Waals surface area contributed by atoms with Crippen LogP contribution in [-0.4, -0.2) is 31.3 Å². The molecule has 0 saturated heterocycles. The van der Waals surface area contributed by atoms with Crippen LogP contribution in [-0.2, 0) is 4.74 Å². The van der Waals surface area contributed by atoms with Crippen LogP contribution in [0.3, 0.4) is 0 Å². The Bertz CT molecular complexity index is 306. The van der Waals surface area contributed by atoms with Crippen molar-refractivity contribution in [2.24, 2.45) is 0 Å². The lowest BCUT2D eigenvalue weighted by Gasteiger charge is -2.28. The van der Waals surface area contributed by atoms with Crippen molar-refractivity contribution in [3.8, 4) is 0 Å². The van der Waals surface area contributed by atoms with Gasteiger partial charge in [0.2, 0.25) is 5.95 Å². The molecule has 3 nitrogen and oxygen atoms in total. The molecule has 0 amide bonds. The fourth-order valence-electron chi connectivity index (χ4n) is 1.59. The van der Waals surface area contributed by atoms with Crippen LogP contribution in [0, 0.1) is 5.95 Å². The van der Waals surface area contributed by atoms with Crippen LogP contribution in [0.25, 0.3) is 0 Å². The number of nitrogens with zero attached hydrogens (tertiary/aromatic N) is 2. The molecule has 15 heavy (non-hydrogen) atoms. The van der Waals surface area contributed by atoms with E-state index in [9.17, 15) is 4.39 Å². The Morgan fingerprint density at radius 2 is 2.27 bits per heavy atom. The molecule has 0 radical (unpaired) electrons. The van der Waals surface area contributed by atoms with E-state index in [2.05, 4.69) is 4.98 Å². The maximum Gasteiger partial charge on any atom is 0.214 e. The van der Waals surface area contributed by atoms with E-state index in [0.717, 1.165) is 6.54 Å². The van der Waals surface area contributed by atoms with Crippen molar-refractivity contribution in [1.82, 2.24) is 4.98 Å². The predicted octanol–water partition coefficient (Wildman–Crippen LogP) is 2.08. The van der Waals surface area contributed by atoms with Crippen molar-refractivity contribution in [3.63, 3.8) is 0 Å². The average molecular weight is 212 g/mol. The Morgan fingerprint density at radius 3 is 2.80 bits per heavy atom. The Balaban J connectivity index is 2.82. The molecule has 84 valence electrons. The molecule has 0 aliphatic heterocycles. The molecule has 4 heteroatoms. The molecule has 0 fully saturated rings. The molecule has 1 unspecified atom stereocenters. The van der Waals surface area contributed by atoms with Gasteiger partial charge in [-0.05, 0) is 26.0 Å². The van der Waals surface area contributed by atoms with Gasteiger partial charge in [0.05, 0.1) is 12.6 Å². The van der Waals surface area contributed by atoms with E-state index in [1.54, 1.807) is 19.2 Å². The number of halogens is 1. The number of pyridine rings is 1. The highest BCUT2D eigenvalue weighted by Crippen LogP contribution is 2.14. The van der Waals surface area contributed by atoms with Gasteiger partial charge in [0.15, 0.2) is 0 Å². The third kappa shape index (κ3) is 3.16. The summed E-state index contributed by atoms with van der Waals surface area (Å²) < 4.78 is 18.0. The minimum atomic E-state index is -0.449. The second-order valence-corrected chi connectivity index (χ2v) is 3.41. The number of aromatic nitrogens is 1. The van der Waals surface area contributed by atoms with Crippen molar-refractivity contribution in [1.29, 1.82) is 0 Å². The van der Waals surface area contributed by atoms with Crippen LogP contribution in [0.1, 0.15) is 13.8 Å². The number of methoxy groups -OCH3 is 1. The second kappa shape index (κ2) is 5.66. The minimum Gasteiger partial charge on any atom is -0.383 e. The summed E-state index contributed by atoms with van der Waals surface area (Å²) in [5.41, 5.74) is 0. The smallest absolute Gasteiger partial charge is 0.214 e. The summed E-state index contributed by atoms with van der Waals surface area (Å²) in [6.07, 6.45) is 0. The zero-order valence-corrected chi connectivity index (χ0v) is 9.40. The molecule has 0 aromatic carbocycles. The summed E-state index contributed by atoms with van der Waals surface area (Å²) in [6.45, 7) is 5.42. The van der Waals surface area contributed by atoms with Crippen LogP contribution in [0.5, 0.6) is 0 Å². The van der Waals surface area contributed by atoms with Crippen LogP contribution in [0.4, 0.5) is 10.2 Å². The molecule has 1 heterocycles. The number of likely N-dealkylation sites (N-methyl/N-ethyl adjacent to an activating group) is 1. The van der Waals surface area contributed by atoms with Crippen LogP contribution >= 0.6 is 0 Å². The first-order chi connectivity index (χ1) is 7.19. The largest absolute Gasteiger partial charge is 0.383 e. The molecule has 0 aliphatic rings. The van der Waals surface area contributed by atoms with E-state index in [-0.39, 0.29) is 6.04 Å². The molecule has 1 aromatic heterocycles. The van der Waals surface area contributed by atoms with Gasteiger partial charge in [-0.1, -0.05) is 6.07 Å². The summed E-state index contributed by atoms with van der Waals surface area (Å²) >= 11 is 0. The van der Waals surface area contributed by atoms with Crippen LogP contribution < -0.4 is 4.90 Å². The zero-order valence-electron chi connectivity index (χ0n) is 9.40. The molecule has 1 atom stereocenters. The quantitative estimate of drug-likeness (QED) is 0.699. The lowest BCUT2D eigenvalue weighted by atomic mass is 10.3. The van der Waals surface area contributed by atoms with Gasteiger partial charge >= 0.3 is 0 Å². The Morgan fingerprint density at radius 1 is 1.53 bits per heavy atom. The highest BCUT2D eigenvalue weighted by Gasteiger charge is 2.13. The number of anilines is 1. The Kier molecular flexibility index (Phi) is 4.49. The number of rotatable bonds is 5. The number of ether oxygens (including phenoxy) is 1. The fraction of sp³-hybridized carbons (Fsp3) is 0.545. The number of hydrogen-bond donors (Lipinski definition) is 0. The third-order valence-corrected chi connectivity index (χ3v) is 2.28. The van der Waals surface area contributed by atoms with E-state index >= 15 is 0 Å². The molecule has 1 aromatic rings. The van der Waals surface area contributed by atoms with Crippen molar-refractivity contribution in [2.75, 3.05) is 25.2 Å². The summed E-state index contributed by atoms with van der Waals surface area (Å²) in [5.74, 6) is 0.206. The van der Waals surface area contributed by atoms with Crippen molar-refractivity contribution < 1.29 is 9.13 Å². The molecular weight excluding hydrogens is 195 g/mol. The van der Waals surface area contributed by atoms with E-state index in [4.69, 9.17) is 4.74 Å². The van der Waals surface area contributed by atoms with E-state index in [0.29, 0.717) is 12.4 Å². The van der Waals surface area contributed by atoms with Gasteiger partial charge < -0.3 is 9.64 Å². The minimum absolute atomic E-state index is 0.189. The van der Waals surface area contributed by atoms with Gasteiger partial charge in [-0.25, -0.2) is 4.98 Å². The third-order valence-electron chi connectivity index (χ3n) is 2.28. The molecule has 1 rings (SSSR count). The summed E-state index contributed by atoms with van der Waals surface area (Å²) in [5, 5.41) is 0. The Hall–Kier alpha value is -1.16. The summed E-state index contributed by atoms with van der Waals surface area (Å²) in [4.78, 5) is 5.86. The van der Waals surface area contributed by atoms with Gasteiger partial charge in [0.25, 0.3) is 0 Å². The van der Waals surface area contributed by atoms with Crippen molar-refractivity contribution in [2.45, 2.75) is 19.9 Å². The molecule has 0 aliphatic carbocycles. The van der Waals surface area contributed by atoms with Gasteiger partial charge in [0.1, 0.15) is 5.82 Å². The van der Waals surface area contributed by atoms with Crippen molar-refractivity contribution >= 4 is 5.82 Å². The monoisotopic (exact) mass is 212 g/mol. The molecule has 0 bridgehead atoms. The van der Waals surface area contributed by atoms with Gasteiger partial charge in [-0.2, -0.15) is 4.39 Å². The highest BCUT2D eigenvalue weighted by molar-refractivity contribution is 5.38. The zero-order chi connectivity index (χ0) is 11.3. The van der Waals surface area contributed by atoms with E-state index in [1.807, 2.05) is 18.7 Å². The van der Waals surface area contributed by atoms with Crippen LogP contribution in [0.2, 0.25) is 0 Å². The molecule has 0 N–H and O–H groups in total. The lowest BCUT2D eigenvalue weighted by molar-refractivity contribution is 0.181. The highest BCUT2D eigenvalue weighted by atomic mass is 19.1. The first kappa shape index (κ1) is 11.9. The number of hydrogen-bond acceptors (Lipinski definition) is 3. The first-order valence-corrected chi connectivity index (χ1v) is 5.07. The first-order valence-electron chi connectivity index (χ1n) is 5.07. The summed E-state index contributed by atoms with van der Waals surface area (Å²) in [7, 11) is 1.66. The SMILES string of the molecule is CCN(c1cccc(F)n1)C(C)COC. The van der Waals surface area contributed by atoms with E-state index < -0.39 is 5.95 Å².